The Labute approximate surface area is 170 Å². The molecule has 2 bridgehead atoms. The van der Waals surface area contributed by atoms with Crippen molar-refractivity contribution in [2.24, 2.45) is 11.8 Å². The second kappa shape index (κ2) is 5.81. The average Bonchev–Trinajstić information content (AvgIpc) is 3.18. The van der Waals surface area contributed by atoms with Gasteiger partial charge in [-0.25, -0.2) is 4.90 Å². The maximum Gasteiger partial charge on any atom is 0.417 e. The standard InChI is InChI=1S/C20H17F3N4O3/c1-17-7-11(9-25)18(2,30-17)14-15(28)27(16(29)19(14,17)26-3)12-5-4-10(8-24)13(6-12)20(21,22)23/h4-6,11,14,26H,7H2,1-3H3/t11-,14?,17?,18?,19-/m0/s1. The lowest BCUT2D eigenvalue weighted by Gasteiger charge is -2.41. The van der Waals surface area contributed by atoms with Crippen LogP contribution in [0.5, 0.6) is 0 Å². The highest BCUT2D eigenvalue weighted by molar-refractivity contribution is 6.27. The fourth-order valence-corrected chi connectivity index (χ4v) is 5.55. The van der Waals surface area contributed by atoms with Crippen molar-refractivity contribution in [1.29, 1.82) is 10.5 Å². The molecule has 4 rings (SSSR count). The van der Waals surface area contributed by atoms with Gasteiger partial charge < -0.3 is 10.1 Å². The summed E-state index contributed by atoms with van der Waals surface area (Å²) in [6.07, 6.45) is -4.64. The highest BCUT2D eigenvalue weighted by Crippen LogP contribution is 2.65. The van der Waals surface area contributed by atoms with E-state index in [1.807, 2.05) is 0 Å². The van der Waals surface area contributed by atoms with Crippen molar-refractivity contribution in [3.63, 3.8) is 0 Å². The monoisotopic (exact) mass is 418 g/mol. The van der Waals surface area contributed by atoms with Crippen LogP contribution >= 0.6 is 0 Å². The third-order valence-corrected chi connectivity index (χ3v) is 6.82. The normalized spacial score (nSPS) is 37.3. The second-order valence-corrected chi connectivity index (χ2v) is 8.21. The molecule has 3 unspecified atom stereocenters. The summed E-state index contributed by atoms with van der Waals surface area (Å²) in [5.41, 5.74) is -6.10. The van der Waals surface area contributed by atoms with Gasteiger partial charge in [-0.3, -0.25) is 9.59 Å². The molecule has 3 fully saturated rings. The van der Waals surface area contributed by atoms with Gasteiger partial charge in [-0.1, -0.05) is 0 Å². The van der Waals surface area contributed by atoms with Crippen molar-refractivity contribution in [3.05, 3.63) is 29.3 Å². The predicted octanol–water partition coefficient (Wildman–Crippen LogP) is 2.12. The number of rotatable bonds is 2. The van der Waals surface area contributed by atoms with Crippen LogP contribution in [0.4, 0.5) is 18.9 Å². The number of benzene rings is 1. The number of anilines is 1. The van der Waals surface area contributed by atoms with Gasteiger partial charge in [0.05, 0.1) is 52.0 Å². The van der Waals surface area contributed by atoms with Gasteiger partial charge in [0, 0.05) is 0 Å². The number of carbonyl (C=O) groups is 2. The third kappa shape index (κ3) is 2.10. The van der Waals surface area contributed by atoms with Crippen LogP contribution < -0.4 is 10.2 Å². The zero-order chi connectivity index (χ0) is 22.3. The van der Waals surface area contributed by atoms with Crippen LogP contribution in [-0.4, -0.2) is 35.6 Å². The average molecular weight is 418 g/mol. The van der Waals surface area contributed by atoms with Gasteiger partial charge in [-0.15, -0.1) is 0 Å². The molecule has 156 valence electrons. The molecule has 1 aromatic carbocycles. The summed E-state index contributed by atoms with van der Waals surface area (Å²) in [5, 5.41) is 21.5. The molecule has 0 aromatic heterocycles. The van der Waals surface area contributed by atoms with E-state index in [1.54, 1.807) is 13.8 Å². The predicted molar refractivity (Wildman–Crippen MR) is 95.5 cm³/mol. The maximum atomic E-state index is 13.5. The second-order valence-electron chi connectivity index (χ2n) is 8.21. The summed E-state index contributed by atoms with van der Waals surface area (Å²) >= 11 is 0. The number of amides is 2. The Balaban J connectivity index is 1.89. The molecule has 2 amide bonds. The van der Waals surface area contributed by atoms with Gasteiger partial charge in [0.15, 0.2) is 0 Å². The van der Waals surface area contributed by atoms with Crippen molar-refractivity contribution in [1.82, 2.24) is 5.32 Å². The van der Waals surface area contributed by atoms with Gasteiger partial charge in [0.2, 0.25) is 5.91 Å². The minimum Gasteiger partial charge on any atom is -0.364 e. The molecule has 5 atom stereocenters. The van der Waals surface area contributed by atoms with Crippen molar-refractivity contribution < 1.29 is 27.5 Å². The number of fused-ring (bicyclic) bond motifs is 5. The Morgan fingerprint density at radius 2 is 1.93 bits per heavy atom. The topological polar surface area (TPSA) is 106 Å². The quantitative estimate of drug-likeness (QED) is 0.738. The lowest BCUT2D eigenvalue weighted by Crippen LogP contribution is -2.67. The highest BCUT2D eigenvalue weighted by Gasteiger charge is 2.83. The number of halogens is 3. The van der Waals surface area contributed by atoms with Crippen molar-refractivity contribution in [3.8, 4) is 12.1 Å². The molecule has 1 N–H and O–H groups in total. The third-order valence-electron chi connectivity index (χ3n) is 6.82. The summed E-state index contributed by atoms with van der Waals surface area (Å²) < 4.78 is 46.3. The van der Waals surface area contributed by atoms with Gasteiger partial charge in [0.25, 0.3) is 5.91 Å². The lowest BCUT2D eigenvalue weighted by atomic mass is 9.59. The molecule has 0 saturated carbocycles. The minimum absolute atomic E-state index is 0.200. The molecule has 1 aromatic rings. The Bertz CT molecular complexity index is 1070. The van der Waals surface area contributed by atoms with E-state index in [0.29, 0.717) is 6.07 Å². The number of nitrogens with one attached hydrogen (secondary N) is 1. The SMILES string of the molecule is CN[C@]12C(=O)N(c3ccc(C#N)c(C(F)(F)F)c3)C(=O)C1C1(C)OC2(C)C[C@H]1C#N. The van der Waals surface area contributed by atoms with E-state index in [0.717, 1.165) is 17.0 Å². The Hall–Kier alpha value is -2.95. The molecule has 3 aliphatic rings. The van der Waals surface area contributed by atoms with Crippen LogP contribution in [0.1, 0.15) is 31.4 Å². The number of nitriles is 2. The van der Waals surface area contributed by atoms with Gasteiger partial charge in [-0.2, -0.15) is 23.7 Å². The van der Waals surface area contributed by atoms with Gasteiger partial charge in [0.1, 0.15) is 5.54 Å². The summed E-state index contributed by atoms with van der Waals surface area (Å²) in [4.78, 5) is 27.7. The zero-order valence-electron chi connectivity index (χ0n) is 16.3. The molecule has 3 heterocycles. The van der Waals surface area contributed by atoms with E-state index >= 15 is 0 Å². The molecule has 3 aliphatic heterocycles. The smallest absolute Gasteiger partial charge is 0.364 e. The number of ether oxygens (including phenoxy) is 1. The maximum absolute atomic E-state index is 13.5. The first-order valence-electron chi connectivity index (χ1n) is 9.19. The molecule has 10 heteroatoms. The number of carbonyl (C=O) groups excluding carboxylic acids is 2. The molecule has 0 radical (unpaired) electrons. The molecular formula is C20H17F3N4O3. The number of likely N-dealkylation sites (N-methyl/N-ethyl adjacent to an activating group) is 1. The zero-order valence-corrected chi connectivity index (χ0v) is 16.3. The van der Waals surface area contributed by atoms with E-state index < -0.39 is 57.7 Å². The van der Waals surface area contributed by atoms with Crippen molar-refractivity contribution in [2.45, 2.75) is 43.2 Å². The Morgan fingerprint density at radius 3 is 2.47 bits per heavy atom. The number of alkyl halides is 3. The number of hydrogen-bond acceptors (Lipinski definition) is 6. The first kappa shape index (κ1) is 20.3. The van der Waals surface area contributed by atoms with Gasteiger partial charge >= 0.3 is 6.18 Å². The number of nitrogens with zero attached hydrogens (tertiary/aromatic N) is 3. The summed E-state index contributed by atoms with van der Waals surface area (Å²) in [7, 11) is 1.49. The Morgan fingerprint density at radius 1 is 1.27 bits per heavy atom. The van der Waals surface area contributed by atoms with E-state index in [4.69, 9.17) is 10.00 Å². The van der Waals surface area contributed by atoms with Gasteiger partial charge in [-0.05, 0) is 45.5 Å². The summed E-state index contributed by atoms with van der Waals surface area (Å²) in [6.45, 7) is 3.22. The van der Waals surface area contributed by atoms with E-state index in [-0.39, 0.29) is 12.1 Å². The van der Waals surface area contributed by atoms with E-state index in [9.17, 15) is 28.0 Å². The summed E-state index contributed by atoms with van der Waals surface area (Å²) in [5.74, 6) is -3.22. The lowest BCUT2D eigenvalue weighted by molar-refractivity contribution is -0.138. The van der Waals surface area contributed by atoms with Crippen LogP contribution in [0.2, 0.25) is 0 Å². The molecule has 0 spiro atoms. The summed E-state index contributed by atoms with van der Waals surface area (Å²) in [6, 6.07) is 6.31. The van der Waals surface area contributed by atoms with Crippen LogP contribution in [0.25, 0.3) is 0 Å². The molecular weight excluding hydrogens is 401 g/mol. The van der Waals surface area contributed by atoms with Crippen LogP contribution in [-0.2, 0) is 20.5 Å². The van der Waals surface area contributed by atoms with E-state index in [2.05, 4.69) is 11.4 Å². The van der Waals surface area contributed by atoms with Crippen molar-refractivity contribution >= 4 is 17.5 Å². The molecule has 30 heavy (non-hydrogen) atoms. The first-order chi connectivity index (χ1) is 13.9. The fourth-order valence-electron chi connectivity index (χ4n) is 5.55. The minimum atomic E-state index is -4.84. The Kier molecular flexibility index (Phi) is 3.94. The first-order valence-corrected chi connectivity index (χ1v) is 9.19. The van der Waals surface area contributed by atoms with Crippen LogP contribution in [0.15, 0.2) is 18.2 Å². The van der Waals surface area contributed by atoms with E-state index in [1.165, 1.54) is 13.1 Å². The molecule has 3 saturated heterocycles. The highest BCUT2D eigenvalue weighted by atomic mass is 19.4. The largest absolute Gasteiger partial charge is 0.417 e. The fraction of sp³-hybridized carbons (Fsp3) is 0.500. The molecule has 0 aliphatic carbocycles. The van der Waals surface area contributed by atoms with Crippen LogP contribution in [0, 0.1) is 34.5 Å². The van der Waals surface area contributed by atoms with Crippen LogP contribution in [0.3, 0.4) is 0 Å². The molecule has 7 nitrogen and oxygen atoms in total. The number of hydrogen-bond donors (Lipinski definition) is 1. The number of imide groups is 1. The van der Waals surface area contributed by atoms with Crippen molar-refractivity contribution in [2.75, 3.05) is 11.9 Å².